The van der Waals surface area contributed by atoms with E-state index in [0.717, 1.165) is 67.7 Å². The molecule has 2 heterocycles. The number of hydrogen-bond donors (Lipinski definition) is 5. The van der Waals surface area contributed by atoms with Crippen molar-refractivity contribution < 1.29 is 28.5 Å². The predicted octanol–water partition coefficient (Wildman–Crippen LogP) is 8.61. The summed E-state index contributed by atoms with van der Waals surface area (Å²) in [6.07, 6.45) is 3.56. The standard InChI is InChI=1S/C44H53N7O6/c1-44(2,3)29-25-36(45-4)41(55-6)37(26-29)50-43(53)49-35-15-16-38(33-12-8-7-11-32(33)35)57-31-17-19-46-40(28-31)48-30-13-14-34(39(27-30)54-5)42(52)47-18-9-10-20-51-21-23-56-24-22-51/h7-8,11-17,19,25-28,45H,9-10,18,20-24H2,1-6H3,(H,46,48)(H,47,52)(H2,49,50,53). The molecule has 1 aliphatic rings. The molecule has 0 radical (unpaired) electrons. The van der Waals surface area contributed by atoms with Gasteiger partial charge in [0.05, 0.1) is 50.1 Å². The molecular formula is C44H53N7O6. The van der Waals surface area contributed by atoms with Gasteiger partial charge in [0.15, 0.2) is 5.75 Å². The highest BCUT2D eigenvalue weighted by Gasteiger charge is 2.21. The van der Waals surface area contributed by atoms with Crippen LogP contribution in [0.25, 0.3) is 10.8 Å². The van der Waals surface area contributed by atoms with Crippen molar-refractivity contribution in [2.24, 2.45) is 0 Å². The summed E-state index contributed by atoms with van der Waals surface area (Å²) in [5, 5.41) is 17.1. The van der Waals surface area contributed by atoms with Crippen LogP contribution in [0.1, 0.15) is 49.5 Å². The zero-order valence-corrected chi connectivity index (χ0v) is 33.6. The highest BCUT2D eigenvalue weighted by atomic mass is 16.5. The van der Waals surface area contributed by atoms with Crippen molar-refractivity contribution >= 4 is 51.3 Å². The van der Waals surface area contributed by atoms with E-state index in [1.165, 1.54) is 0 Å². The lowest BCUT2D eigenvalue weighted by Gasteiger charge is -2.26. The molecule has 5 aromatic rings. The van der Waals surface area contributed by atoms with Gasteiger partial charge in [-0.15, -0.1) is 0 Å². The number of nitrogens with zero attached hydrogens (tertiary/aromatic N) is 2. The Morgan fingerprint density at radius 1 is 0.825 bits per heavy atom. The third-order valence-electron chi connectivity index (χ3n) is 9.78. The molecule has 0 spiro atoms. The third-order valence-corrected chi connectivity index (χ3v) is 9.78. The molecule has 3 amide bonds. The number of methoxy groups -OCH3 is 2. The number of anilines is 5. The Balaban J connectivity index is 1.10. The van der Waals surface area contributed by atoms with Gasteiger partial charge in [0.1, 0.15) is 23.1 Å². The average Bonchev–Trinajstić information content (AvgIpc) is 3.21. The van der Waals surface area contributed by atoms with E-state index in [-0.39, 0.29) is 11.3 Å². The quantitative estimate of drug-likeness (QED) is 0.0655. The topological polar surface area (TPSA) is 147 Å². The number of ether oxygens (including phenoxy) is 4. The van der Waals surface area contributed by atoms with E-state index >= 15 is 0 Å². The number of carbonyl (C=O) groups is 2. The van der Waals surface area contributed by atoms with E-state index in [0.29, 0.717) is 58.0 Å². The second-order valence-electron chi connectivity index (χ2n) is 14.8. The molecule has 13 heteroatoms. The molecule has 1 aliphatic heterocycles. The zero-order valence-electron chi connectivity index (χ0n) is 33.6. The molecule has 5 N–H and O–H groups in total. The van der Waals surface area contributed by atoms with Gasteiger partial charge in [-0.3, -0.25) is 9.69 Å². The van der Waals surface area contributed by atoms with Crippen LogP contribution in [-0.2, 0) is 10.2 Å². The van der Waals surface area contributed by atoms with Crippen molar-refractivity contribution in [3.05, 3.63) is 96.2 Å². The molecule has 0 bridgehead atoms. The second kappa shape index (κ2) is 18.7. The fourth-order valence-corrected chi connectivity index (χ4v) is 6.66. The number of pyridine rings is 1. The van der Waals surface area contributed by atoms with Gasteiger partial charge in [-0.25, -0.2) is 9.78 Å². The highest BCUT2D eigenvalue weighted by molar-refractivity contribution is 6.08. The molecule has 0 unspecified atom stereocenters. The van der Waals surface area contributed by atoms with Crippen LogP contribution in [0, 0.1) is 0 Å². The van der Waals surface area contributed by atoms with Gasteiger partial charge in [0, 0.05) is 61.5 Å². The van der Waals surface area contributed by atoms with E-state index < -0.39 is 6.03 Å². The first-order valence-electron chi connectivity index (χ1n) is 19.2. The maximum atomic E-state index is 13.4. The maximum absolute atomic E-state index is 13.4. The minimum absolute atomic E-state index is 0.148. The van der Waals surface area contributed by atoms with Crippen molar-refractivity contribution in [2.45, 2.75) is 39.0 Å². The summed E-state index contributed by atoms with van der Waals surface area (Å²) < 4.78 is 23.1. The lowest BCUT2D eigenvalue weighted by Crippen LogP contribution is -2.37. The van der Waals surface area contributed by atoms with Crippen LogP contribution in [0.5, 0.6) is 23.0 Å². The number of carbonyl (C=O) groups excluding carboxylic acids is 2. The van der Waals surface area contributed by atoms with Crippen LogP contribution in [-0.4, -0.2) is 82.5 Å². The lowest BCUT2D eigenvalue weighted by molar-refractivity contribution is 0.0372. The van der Waals surface area contributed by atoms with Crippen LogP contribution in [0.4, 0.5) is 33.4 Å². The maximum Gasteiger partial charge on any atom is 0.323 e. The molecule has 1 fully saturated rings. The van der Waals surface area contributed by atoms with E-state index in [1.54, 1.807) is 44.7 Å². The van der Waals surface area contributed by atoms with Gasteiger partial charge in [-0.05, 0) is 72.8 Å². The molecule has 57 heavy (non-hydrogen) atoms. The predicted molar refractivity (Wildman–Crippen MR) is 227 cm³/mol. The van der Waals surface area contributed by atoms with Crippen molar-refractivity contribution in [2.75, 3.05) is 81.9 Å². The van der Waals surface area contributed by atoms with Crippen LogP contribution in [0.2, 0.25) is 0 Å². The molecule has 6 rings (SSSR count). The molecule has 0 atom stereocenters. The van der Waals surface area contributed by atoms with Crippen molar-refractivity contribution in [1.82, 2.24) is 15.2 Å². The fourth-order valence-electron chi connectivity index (χ4n) is 6.66. The molecule has 0 aliphatic carbocycles. The number of aromatic nitrogens is 1. The number of urea groups is 1. The van der Waals surface area contributed by atoms with Gasteiger partial charge in [0.25, 0.3) is 5.91 Å². The van der Waals surface area contributed by atoms with Crippen molar-refractivity contribution in [3.63, 3.8) is 0 Å². The van der Waals surface area contributed by atoms with Crippen LogP contribution >= 0.6 is 0 Å². The molecular weight excluding hydrogens is 723 g/mol. The van der Waals surface area contributed by atoms with E-state index in [2.05, 4.69) is 57.2 Å². The lowest BCUT2D eigenvalue weighted by atomic mass is 9.86. The molecule has 13 nitrogen and oxygen atoms in total. The first kappa shape index (κ1) is 40.6. The Hall–Kier alpha value is -6.05. The summed E-state index contributed by atoms with van der Waals surface area (Å²) in [4.78, 5) is 33.3. The van der Waals surface area contributed by atoms with Gasteiger partial charge in [0.2, 0.25) is 0 Å². The van der Waals surface area contributed by atoms with Gasteiger partial charge >= 0.3 is 6.03 Å². The normalized spacial score (nSPS) is 13.1. The summed E-state index contributed by atoms with van der Waals surface area (Å²) in [7, 11) is 4.95. The number of morpholine rings is 1. The van der Waals surface area contributed by atoms with E-state index in [4.69, 9.17) is 18.9 Å². The molecule has 1 saturated heterocycles. The van der Waals surface area contributed by atoms with Crippen LogP contribution in [0.15, 0.2) is 85.1 Å². The summed E-state index contributed by atoms with van der Waals surface area (Å²) in [6, 6.07) is 23.8. The number of nitrogens with one attached hydrogen (secondary N) is 5. The molecule has 300 valence electrons. The monoisotopic (exact) mass is 775 g/mol. The Morgan fingerprint density at radius 2 is 1.58 bits per heavy atom. The SMILES string of the molecule is CNc1cc(C(C)(C)C)cc(NC(=O)Nc2ccc(Oc3ccnc(Nc4ccc(C(=O)NCCCCN5CCOCC5)c(OC)c4)c3)c3ccccc23)c1OC. The Morgan fingerprint density at radius 3 is 2.32 bits per heavy atom. The number of rotatable bonds is 15. The van der Waals surface area contributed by atoms with E-state index in [1.807, 2.05) is 61.6 Å². The third kappa shape index (κ3) is 10.4. The van der Waals surface area contributed by atoms with Crippen molar-refractivity contribution in [3.8, 4) is 23.0 Å². The highest BCUT2D eigenvalue weighted by Crippen LogP contribution is 2.39. The molecule has 4 aromatic carbocycles. The largest absolute Gasteiger partial charge is 0.496 e. The Kier molecular flexibility index (Phi) is 13.3. The Bertz CT molecular complexity index is 2180. The first-order valence-corrected chi connectivity index (χ1v) is 19.2. The number of benzene rings is 4. The van der Waals surface area contributed by atoms with Gasteiger partial charge in [-0.1, -0.05) is 45.0 Å². The summed E-state index contributed by atoms with van der Waals surface area (Å²) in [6.45, 7) is 11.5. The zero-order chi connectivity index (χ0) is 40.4. The van der Waals surface area contributed by atoms with Crippen LogP contribution in [0.3, 0.4) is 0 Å². The first-order chi connectivity index (χ1) is 27.6. The number of unbranched alkanes of at least 4 members (excludes halogenated alkanes) is 1. The second-order valence-corrected chi connectivity index (χ2v) is 14.8. The van der Waals surface area contributed by atoms with Crippen LogP contribution < -0.4 is 40.8 Å². The summed E-state index contributed by atoms with van der Waals surface area (Å²) in [5.74, 6) is 2.51. The smallest absolute Gasteiger partial charge is 0.323 e. The fraction of sp³-hybridized carbons (Fsp3) is 0.341. The average molecular weight is 776 g/mol. The number of fused-ring (bicyclic) bond motifs is 1. The molecule has 1 aromatic heterocycles. The molecule has 0 saturated carbocycles. The number of hydrogen-bond acceptors (Lipinski definition) is 10. The Labute approximate surface area is 334 Å². The number of amides is 3. The summed E-state index contributed by atoms with van der Waals surface area (Å²) in [5.41, 5.74) is 4.00. The minimum Gasteiger partial charge on any atom is -0.496 e. The summed E-state index contributed by atoms with van der Waals surface area (Å²) >= 11 is 0. The van der Waals surface area contributed by atoms with Gasteiger partial charge in [-0.2, -0.15) is 0 Å². The van der Waals surface area contributed by atoms with Gasteiger partial charge < -0.3 is 45.5 Å². The van der Waals surface area contributed by atoms with Crippen molar-refractivity contribution in [1.29, 1.82) is 0 Å². The van der Waals surface area contributed by atoms with E-state index in [9.17, 15) is 9.59 Å². The minimum atomic E-state index is -0.412.